The molecule has 0 saturated heterocycles. The first-order valence-corrected chi connectivity index (χ1v) is 8.52. The molecule has 0 heterocycles. The van der Waals surface area contributed by atoms with Gasteiger partial charge in [-0.05, 0) is 55.7 Å². The van der Waals surface area contributed by atoms with Gasteiger partial charge in [0.2, 0.25) is 0 Å². The molecule has 2 rings (SSSR count). The largest absolute Gasteiger partial charge is 0.504 e. The summed E-state index contributed by atoms with van der Waals surface area (Å²) in [5, 5.41) is 19.8. The van der Waals surface area contributed by atoms with Gasteiger partial charge in [-0.15, -0.1) is 0 Å². The summed E-state index contributed by atoms with van der Waals surface area (Å²) < 4.78 is 11.0. The molecule has 4 nitrogen and oxygen atoms in total. The summed E-state index contributed by atoms with van der Waals surface area (Å²) in [6, 6.07) is 11.0. The molecule has 0 unspecified atom stereocenters. The molecule has 2 aromatic carbocycles. The van der Waals surface area contributed by atoms with Crippen LogP contribution in [0.3, 0.4) is 0 Å². The van der Waals surface area contributed by atoms with Gasteiger partial charge in [0.25, 0.3) is 0 Å². The maximum atomic E-state index is 9.92. The van der Waals surface area contributed by atoms with E-state index in [1.54, 1.807) is 12.1 Å². The molecule has 0 radical (unpaired) electrons. The van der Waals surface area contributed by atoms with Gasteiger partial charge in [0.1, 0.15) is 0 Å². The highest BCUT2D eigenvalue weighted by Crippen LogP contribution is 2.38. The number of hydrogen-bond donors (Lipinski definition) is 2. The summed E-state index contributed by atoms with van der Waals surface area (Å²) in [5.74, 6) is 1.45. The quantitative estimate of drug-likeness (QED) is 0.728. The first kappa shape index (κ1) is 18.0. The van der Waals surface area contributed by atoms with Crippen LogP contribution in [-0.2, 0) is 0 Å². The van der Waals surface area contributed by atoms with Crippen molar-refractivity contribution in [1.82, 2.24) is 0 Å². The molecule has 0 saturated carbocycles. The van der Waals surface area contributed by atoms with E-state index in [1.807, 2.05) is 38.1 Å². The molecule has 0 spiro atoms. The minimum atomic E-state index is 0.148. The van der Waals surface area contributed by atoms with Crippen molar-refractivity contribution in [2.75, 3.05) is 13.2 Å². The number of phenols is 2. The van der Waals surface area contributed by atoms with Crippen molar-refractivity contribution < 1.29 is 19.7 Å². The van der Waals surface area contributed by atoms with Crippen LogP contribution in [0.1, 0.15) is 50.7 Å². The molecule has 0 amide bonds. The summed E-state index contributed by atoms with van der Waals surface area (Å²) in [6.45, 7) is 6.93. The van der Waals surface area contributed by atoms with Gasteiger partial charge in [0.05, 0.1) is 13.2 Å². The Balaban J connectivity index is 2.42. The summed E-state index contributed by atoms with van der Waals surface area (Å²) in [4.78, 5) is 0. The zero-order valence-electron chi connectivity index (χ0n) is 14.6. The predicted octanol–water partition coefficient (Wildman–Crippen LogP) is 4.83. The Morgan fingerprint density at radius 1 is 0.792 bits per heavy atom. The Hall–Kier alpha value is -2.36. The molecule has 0 atom stereocenters. The third kappa shape index (κ3) is 4.13. The van der Waals surface area contributed by atoms with Crippen LogP contribution in [0.25, 0.3) is 0 Å². The zero-order valence-corrected chi connectivity index (χ0v) is 14.6. The van der Waals surface area contributed by atoms with Crippen molar-refractivity contribution in [2.24, 2.45) is 0 Å². The average Bonchev–Trinajstić information content (AvgIpc) is 2.57. The van der Waals surface area contributed by atoms with E-state index < -0.39 is 0 Å². The zero-order chi connectivity index (χ0) is 17.5. The average molecular weight is 330 g/mol. The highest BCUT2D eigenvalue weighted by atomic mass is 16.5. The Bertz CT molecular complexity index is 611. The lowest BCUT2D eigenvalue weighted by Crippen LogP contribution is -2.03. The van der Waals surface area contributed by atoms with E-state index in [-0.39, 0.29) is 17.4 Å². The van der Waals surface area contributed by atoms with E-state index >= 15 is 0 Å². The molecule has 0 aromatic heterocycles. The monoisotopic (exact) mass is 330 g/mol. The van der Waals surface area contributed by atoms with E-state index in [2.05, 4.69) is 6.92 Å². The van der Waals surface area contributed by atoms with Crippen molar-refractivity contribution in [3.8, 4) is 23.0 Å². The number of ether oxygens (including phenoxy) is 2. The summed E-state index contributed by atoms with van der Waals surface area (Å²) in [5.41, 5.74) is 2.15. The van der Waals surface area contributed by atoms with Crippen LogP contribution in [0.2, 0.25) is 0 Å². The van der Waals surface area contributed by atoms with Crippen molar-refractivity contribution in [2.45, 2.75) is 39.5 Å². The lowest BCUT2D eigenvalue weighted by atomic mass is 9.87. The van der Waals surface area contributed by atoms with Gasteiger partial charge in [-0.25, -0.2) is 0 Å². The molecule has 0 bridgehead atoms. The van der Waals surface area contributed by atoms with Crippen LogP contribution in [0.4, 0.5) is 0 Å². The lowest BCUT2D eigenvalue weighted by Gasteiger charge is -2.20. The second-order valence-electron chi connectivity index (χ2n) is 5.66. The van der Waals surface area contributed by atoms with E-state index in [1.165, 1.54) is 0 Å². The van der Waals surface area contributed by atoms with Crippen molar-refractivity contribution in [3.05, 3.63) is 47.5 Å². The normalized spacial score (nSPS) is 10.8. The standard InChI is InChI=1S/C20H26O4/c1-4-7-16(14-8-10-17(21)19(12-14)23-5-2)15-9-11-18(22)20(13-15)24-6-3/h8-13,16,21-22H,4-7H2,1-3H3. The van der Waals surface area contributed by atoms with Crippen LogP contribution in [0, 0.1) is 0 Å². The molecule has 2 N–H and O–H groups in total. The molecular formula is C20H26O4. The third-order valence-corrected chi connectivity index (χ3v) is 3.95. The van der Waals surface area contributed by atoms with Crippen LogP contribution in [-0.4, -0.2) is 23.4 Å². The fourth-order valence-corrected chi connectivity index (χ4v) is 2.85. The van der Waals surface area contributed by atoms with Crippen molar-refractivity contribution in [1.29, 1.82) is 0 Å². The Labute approximate surface area is 143 Å². The minimum Gasteiger partial charge on any atom is -0.504 e. The van der Waals surface area contributed by atoms with Crippen LogP contribution >= 0.6 is 0 Å². The molecule has 0 aliphatic carbocycles. The Kier molecular flexibility index (Phi) is 6.36. The van der Waals surface area contributed by atoms with Crippen molar-refractivity contribution in [3.63, 3.8) is 0 Å². The topological polar surface area (TPSA) is 58.9 Å². The second-order valence-corrected chi connectivity index (χ2v) is 5.66. The van der Waals surface area contributed by atoms with Gasteiger partial charge >= 0.3 is 0 Å². The first-order valence-electron chi connectivity index (χ1n) is 8.52. The van der Waals surface area contributed by atoms with Crippen molar-refractivity contribution >= 4 is 0 Å². The van der Waals surface area contributed by atoms with Crippen LogP contribution < -0.4 is 9.47 Å². The predicted molar refractivity (Wildman–Crippen MR) is 95.3 cm³/mol. The Morgan fingerprint density at radius 3 is 1.62 bits per heavy atom. The second kappa shape index (κ2) is 8.48. The molecule has 130 valence electrons. The van der Waals surface area contributed by atoms with Gasteiger partial charge in [0.15, 0.2) is 23.0 Å². The molecule has 0 fully saturated rings. The molecular weight excluding hydrogens is 304 g/mol. The number of aromatic hydroxyl groups is 2. The van der Waals surface area contributed by atoms with E-state index in [0.29, 0.717) is 24.7 Å². The Morgan fingerprint density at radius 2 is 1.25 bits per heavy atom. The highest BCUT2D eigenvalue weighted by Gasteiger charge is 2.17. The van der Waals surface area contributed by atoms with Gasteiger partial charge in [0, 0.05) is 5.92 Å². The third-order valence-electron chi connectivity index (χ3n) is 3.95. The molecule has 0 aliphatic rings. The summed E-state index contributed by atoms with van der Waals surface area (Å²) in [6.07, 6.45) is 1.97. The van der Waals surface area contributed by atoms with Crippen LogP contribution in [0.15, 0.2) is 36.4 Å². The minimum absolute atomic E-state index is 0.148. The maximum Gasteiger partial charge on any atom is 0.161 e. The van der Waals surface area contributed by atoms with E-state index in [0.717, 1.165) is 24.0 Å². The van der Waals surface area contributed by atoms with E-state index in [9.17, 15) is 10.2 Å². The number of hydrogen-bond acceptors (Lipinski definition) is 4. The SMILES string of the molecule is CCCC(c1ccc(O)c(OCC)c1)c1ccc(O)c(OCC)c1. The van der Waals surface area contributed by atoms with Gasteiger partial charge in [-0.3, -0.25) is 0 Å². The number of rotatable bonds is 8. The molecule has 0 aliphatic heterocycles. The van der Waals surface area contributed by atoms with Gasteiger partial charge < -0.3 is 19.7 Å². The van der Waals surface area contributed by atoms with Crippen LogP contribution in [0.5, 0.6) is 23.0 Å². The number of benzene rings is 2. The summed E-state index contributed by atoms with van der Waals surface area (Å²) in [7, 11) is 0. The van der Waals surface area contributed by atoms with Gasteiger partial charge in [-0.1, -0.05) is 25.5 Å². The summed E-state index contributed by atoms with van der Waals surface area (Å²) >= 11 is 0. The van der Waals surface area contributed by atoms with E-state index in [4.69, 9.17) is 9.47 Å². The smallest absolute Gasteiger partial charge is 0.161 e. The fourth-order valence-electron chi connectivity index (χ4n) is 2.85. The first-order chi connectivity index (χ1) is 11.6. The van der Waals surface area contributed by atoms with Gasteiger partial charge in [-0.2, -0.15) is 0 Å². The fraction of sp³-hybridized carbons (Fsp3) is 0.400. The highest BCUT2D eigenvalue weighted by molar-refractivity contribution is 5.48. The lowest BCUT2D eigenvalue weighted by molar-refractivity contribution is 0.317. The molecule has 2 aromatic rings. The number of phenolic OH excluding ortho intramolecular Hbond substituents is 2. The maximum absolute atomic E-state index is 9.92. The molecule has 4 heteroatoms. The molecule has 24 heavy (non-hydrogen) atoms.